The van der Waals surface area contributed by atoms with Gasteiger partial charge in [-0.05, 0) is 75.0 Å². The number of H-pyrrole nitrogens is 1. The zero-order valence-corrected chi connectivity index (χ0v) is 22.1. The van der Waals surface area contributed by atoms with Crippen molar-refractivity contribution < 1.29 is 9.47 Å². The van der Waals surface area contributed by atoms with Gasteiger partial charge in [-0.25, -0.2) is 0 Å². The van der Waals surface area contributed by atoms with Crippen LogP contribution in [0.2, 0.25) is 0 Å². The SMILES string of the molecule is CCN(CC)CCCN(Cc1cc2cc(OC)c(OC)cc2[nH]c1=O)C(=S)Nc1cccc(C)c1. The van der Waals surface area contributed by atoms with Crippen molar-refractivity contribution in [2.45, 2.75) is 33.7 Å². The molecule has 188 valence electrons. The number of aryl methyl sites for hydroxylation is 1. The summed E-state index contributed by atoms with van der Waals surface area (Å²) in [5.74, 6) is 1.19. The summed E-state index contributed by atoms with van der Waals surface area (Å²) in [6, 6.07) is 13.7. The summed E-state index contributed by atoms with van der Waals surface area (Å²) in [5, 5.41) is 4.83. The van der Waals surface area contributed by atoms with E-state index in [0.717, 1.165) is 49.2 Å². The van der Waals surface area contributed by atoms with Gasteiger partial charge in [0.1, 0.15) is 0 Å². The van der Waals surface area contributed by atoms with Crippen molar-refractivity contribution in [3.63, 3.8) is 0 Å². The first-order chi connectivity index (χ1) is 16.9. The average Bonchev–Trinajstić information content (AvgIpc) is 2.85. The summed E-state index contributed by atoms with van der Waals surface area (Å²) in [6.07, 6.45) is 0.938. The summed E-state index contributed by atoms with van der Waals surface area (Å²) in [4.78, 5) is 20.4. The zero-order valence-electron chi connectivity index (χ0n) is 21.3. The van der Waals surface area contributed by atoms with E-state index in [4.69, 9.17) is 21.7 Å². The second-order valence-corrected chi connectivity index (χ2v) is 8.91. The molecule has 8 heteroatoms. The third-order valence-electron chi connectivity index (χ3n) is 6.14. The number of aromatic amines is 1. The number of benzene rings is 2. The Balaban J connectivity index is 1.87. The standard InChI is InChI=1S/C27H36N4O3S/c1-6-30(7-2)12-9-13-31(27(35)28-22-11-8-10-19(3)14-22)18-21-15-20-16-24(33-4)25(34-5)17-23(20)29-26(21)32/h8,10-11,14-17H,6-7,9,12-13,18H2,1-5H3,(H,28,35)(H,29,32). The third-order valence-corrected chi connectivity index (χ3v) is 6.50. The quantitative estimate of drug-likeness (QED) is 0.370. The molecule has 0 radical (unpaired) electrons. The molecule has 0 fully saturated rings. The van der Waals surface area contributed by atoms with Gasteiger partial charge in [-0.15, -0.1) is 0 Å². The van der Waals surface area contributed by atoms with E-state index in [-0.39, 0.29) is 5.56 Å². The number of ether oxygens (including phenoxy) is 2. The molecule has 0 bridgehead atoms. The number of anilines is 1. The Hall–Kier alpha value is -3.10. The van der Waals surface area contributed by atoms with E-state index in [2.05, 4.69) is 40.0 Å². The van der Waals surface area contributed by atoms with Gasteiger partial charge in [0.05, 0.1) is 26.3 Å². The number of hydrogen-bond donors (Lipinski definition) is 2. The lowest BCUT2D eigenvalue weighted by Crippen LogP contribution is -2.38. The number of aromatic nitrogens is 1. The molecule has 0 atom stereocenters. The minimum atomic E-state index is -0.142. The monoisotopic (exact) mass is 496 g/mol. The lowest BCUT2D eigenvalue weighted by Gasteiger charge is -2.27. The van der Waals surface area contributed by atoms with Crippen molar-refractivity contribution >= 4 is 33.9 Å². The number of rotatable bonds is 11. The largest absolute Gasteiger partial charge is 0.493 e. The number of hydrogen-bond acceptors (Lipinski definition) is 5. The normalized spacial score (nSPS) is 11.0. The maximum absolute atomic E-state index is 13.0. The molecule has 0 saturated carbocycles. The molecule has 0 amide bonds. The fourth-order valence-corrected chi connectivity index (χ4v) is 4.38. The summed E-state index contributed by atoms with van der Waals surface area (Å²) in [7, 11) is 3.18. The predicted octanol–water partition coefficient (Wildman–Crippen LogP) is 4.78. The number of nitrogens with one attached hydrogen (secondary N) is 2. The van der Waals surface area contributed by atoms with E-state index in [1.54, 1.807) is 20.3 Å². The highest BCUT2D eigenvalue weighted by Gasteiger charge is 2.15. The van der Waals surface area contributed by atoms with Crippen LogP contribution >= 0.6 is 12.2 Å². The van der Waals surface area contributed by atoms with E-state index in [0.29, 0.717) is 34.2 Å². The highest BCUT2D eigenvalue weighted by molar-refractivity contribution is 7.80. The van der Waals surface area contributed by atoms with Gasteiger partial charge in [-0.1, -0.05) is 26.0 Å². The second kappa shape index (κ2) is 12.6. The minimum absolute atomic E-state index is 0.142. The summed E-state index contributed by atoms with van der Waals surface area (Å²) in [5.41, 5.74) is 3.29. The van der Waals surface area contributed by atoms with Crippen LogP contribution in [0.5, 0.6) is 11.5 Å². The first kappa shape index (κ1) is 26.5. The molecule has 35 heavy (non-hydrogen) atoms. The van der Waals surface area contributed by atoms with Gasteiger partial charge < -0.3 is 29.6 Å². The molecule has 0 unspecified atom stereocenters. The van der Waals surface area contributed by atoms with Crippen LogP contribution in [0, 0.1) is 6.92 Å². The van der Waals surface area contributed by atoms with Crippen molar-refractivity contribution in [1.29, 1.82) is 0 Å². The number of nitrogens with zero attached hydrogens (tertiary/aromatic N) is 2. The van der Waals surface area contributed by atoms with Crippen LogP contribution in [0.25, 0.3) is 10.9 Å². The number of pyridine rings is 1. The van der Waals surface area contributed by atoms with Crippen LogP contribution in [0.4, 0.5) is 5.69 Å². The fraction of sp³-hybridized carbons (Fsp3) is 0.407. The highest BCUT2D eigenvalue weighted by atomic mass is 32.1. The highest BCUT2D eigenvalue weighted by Crippen LogP contribution is 2.31. The second-order valence-electron chi connectivity index (χ2n) is 8.52. The molecule has 3 rings (SSSR count). The molecule has 0 aliphatic heterocycles. The first-order valence-corrected chi connectivity index (χ1v) is 12.4. The molecular formula is C27H36N4O3S. The van der Waals surface area contributed by atoms with Crippen molar-refractivity contribution in [3.8, 4) is 11.5 Å². The number of methoxy groups -OCH3 is 2. The average molecular weight is 497 g/mol. The van der Waals surface area contributed by atoms with Crippen molar-refractivity contribution in [2.75, 3.05) is 45.7 Å². The number of thiocarbonyl (C=S) groups is 1. The molecule has 0 saturated heterocycles. The Morgan fingerprint density at radius 3 is 2.40 bits per heavy atom. The van der Waals surface area contributed by atoms with Crippen molar-refractivity contribution in [3.05, 3.63) is 63.9 Å². The molecule has 0 aliphatic rings. The molecule has 0 aliphatic carbocycles. The maximum Gasteiger partial charge on any atom is 0.253 e. The molecule has 1 aromatic heterocycles. The van der Waals surface area contributed by atoms with E-state index in [1.165, 1.54) is 0 Å². The van der Waals surface area contributed by atoms with Gasteiger partial charge in [0.15, 0.2) is 16.6 Å². The van der Waals surface area contributed by atoms with Crippen molar-refractivity contribution in [2.24, 2.45) is 0 Å². The topological polar surface area (TPSA) is 69.8 Å². The van der Waals surface area contributed by atoms with E-state index in [1.807, 2.05) is 37.3 Å². The first-order valence-electron chi connectivity index (χ1n) is 12.0. The van der Waals surface area contributed by atoms with Crippen LogP contribution in [-0.2, 0) is 6.54 Å². The lowest BCUT2D eigenvalue weighted by molar-refractivity contribution is 0.281. The van der Waals surface area contributed by atoms with Crippen LogP contribution in [0.3, 0.4) is 0 Å². The predicted molar refractivity (Wildman–Crippen MR) is 148 cm³/mol. The van der Waals surface area contributed by atoms with Crippen LogP contribution in [-0.4, -0.2) is 60.3 Å². The van der Waals surface area contributed by atoms with Crippen LogP contribution in [0.15, 0.2) is 47.3 Å². The third kappa shape index (κ3) is 6.96. The van der Waals surface area contributed by atoms with Gasteiger partial charge in [0, 0.05) is 29.2 Å². The maximum atomic E-state index is 13.0. The fourth-order valence-electron chi connectivity index (χ4n) is 4.10. The number of fused-ring (bicyclic) bond motifs is 1. The Labute approximate surface area is 213 Å². The van der Waals surface area contributed by atoms with Gasteiger partial charge in [-0.2, -0.15) is 0 Å². The van der Waals surface area contributed by atoms with E-state index < -0.39 is 0 Å². The summed E-state index contributed by atoms with van der Waals surface area (Å²) in [6.45, 7) is 10.5. The molecule has 7 nitrogen and oxygen atoms in total. The Morgan fingerprint density at radius 2 is 1.74 bits per heavy atom. The smallest absolute Gasteiger partial charge is 0.253 e. The Morgan fingerprint density at radius 1 is 1.03 bits per heavy atom. The summed E-state index contributed by atoms with van der Waals surface area (Å²) < 4.78 is 10.8. The van der Waals surface area contributed by atoms with Gasteiger partial charge in [-0.3, -0.25) is 4.79 Å². The van der Waals surface area contributed by atoms with Gasteiger partial charge >= 0.3 is 0 Å². The van der Waals surface area contributed by atoms with Crippen LogP contribution < -0.4 is 20.3 Å². The Kier molecular flexibility index (Phi) is 9.51. The van der Waals surface area contributed by atoms with Gasteiger partial charge in [0.2, 0.25) is 0 Å². The molecule has 0 spiro atoms. The molecule has 1 heterocycles. The zero-order chi connectivity index (χ0) is 25.4. The van der Waals surface area contributed by atoms with Gasteiger partial charge in [0.25, 0.3) is 5.56 Å². The molecular weight excluding hydrogens is 460 g/mol. The molecule has 2 aromatic carbocycles. The lowest BCUT2D eigenvalue weighted by atomic mass is 10.1. The van der Waals surface area contributed by atoms with E-state index >= 15 is 0 Å². The Bertz CT molecular complexity index is 1210. The van der Waals surface area contributed by atoms with E-state index in [9.17, 15) is 4.79 Å². The van der Waals surface area contributed by atoms with Crippen LogP contribution in [0.1, 0.15) is 31.4 Å². The summed E-state index contributed by atoms with van der Waals surface area (Å²) >= 11 is 5.80. The molecule has 3 aromatic rings. The molecule has 2 N–H and O–H groups in total. The minimum Gasteiger partial charge on any atom is -0.493 e. The van der Waals surface area contributed by atoms with Crippen molar-refractivity contribution in [1.82, 2.24) is 14.8 Å².